The van der Waals surface area contributed by atoms with Crippen molar-refractivity contribution >= 4 is 27.4 Å². The van der Waals surface area contributed by atoms with Crippen molar-refractivity contribution in [2.75, 3.05) is 11.9 Å². The van der Waals surface area contributed by atoms with Crippen molar-refractivity contribution in [2.45, 2.75) is 19.4 Å². The molecule has 0 saturated heterocycles. The Labute approximate surface area is 102 Å². The van der Waals surface area contributed by atoms with Crippen molar-refractivity contribution in [3.63, 3.8) is 0 Å². The van der Waals surface area contributed by atoms with Gasteiger partial charge in [0.1, 0.15) is 10.4 Å². The van der Waals surface area contributed by atoms with E-state index in [2.05, 4.69) is 31.3 Å². The molecule has 16 heavy (non-hydrogen) atoms. The van der Waals surface area contributed by atoms with Crippen LogP contribution in [0.1, 0.15) is 13.3 Å². The van der Waals surface area contributed by atoms with Crippen LogP contribution in [0.2, 0.25) is 0 Å². The second-order valence-corrected chi connectivity index (χ2v) is 4.31. The van der Waals surface area contributed by atoms with Gasteiger partial charge in [0.2, 0.25) is 0 Å². The maximum atomic E-state index is 9.10. The fourth-order valence-electron chi connectivity index (χ4n) is 1.41. The van der Waals surface area contributed by atoms with Crippen molar-refractivity contribution in [3.05, 3.63) is 22.9 Å². The van der Waals surface area contributed by atoms with Crippen LogP contribution in [0.4, 0.5) is 5.82 Å². The number of hydrogen-bond donors (Lipinski definition) is 2. The van der Waals surface area contributed by atoms with E-state index in [9.17, 15) is 0 Å². The van der Waals surface area contributed by atoms with Crippen LogP contribution >= 0.6 is 15.9 Å². The van der Waals surface area contributed by atoms with Crippen LogP contribution in [0.25, 0.3) is 5.65 Å². The normalized spacial score (nSPS) is 12.9. The summed E-state index contributed by atoms with van der Waals surface area (Å²) in [6, 6.07) is 3.77. The van der Waals surface area contributed by atoms with Gasteiger partial charge in [0.25, 0.3) is 0 Å². The minimum absolute atomic E-state index is 0.0345. The van der Waals surface area contributed by atoms with Crippen LogP contribution in [0.3, 0.4) is 0 Å². The number of nitrogens with zero attached hydrogens (tertiary/aromatic N) is 3. The largest absolute Gasteiger partial charge is 0.394 e. The minimum Gasteiger partial charge on any atom is -0.394 e. The number of halogens is 1. The third-order valence-corrected chi connectivity index (χ3v) is 2.93. The Morgan fingerprint density at radius 2 is 2.38 bits per heavy atom. The molecule has 2 N–H and O–H groups in total. The van der Waals surface area contributed by atoms with E-state index in [1.54, 1.807) is 10.7 Å². The second kappa shape index (κ2) is 4.80. The fraction of sp³-hybridized carbons (Fsp3) is 0.400. The van der Waals surface area contributed by atoms with Gasteiger partial charge in [-0.05, 0) is 34.5 Å². The van der Waals surface area contributed by atoms with Crippen molar-refractivity contribution in [1.29, 1.82) is 0 Å². The fourth-order valence-corrected chi connectivity index (χ4v) is 1.77. The molecule has 2 aromatic rings. The van der Waals surface area contributed by atoms with Crippen LogP contribution in [0.15, 0.2) is 22.9 Å². The molecule has 0 aliphatic heterocycles. The van der Waals surface area contributed by atoms with Gasteiger partial charge in [-0.2, -0.15) is 0 Å². The van der Waals surface area contributed by atoms with Crippen LogP contribution in [-0.2, 0) is 0 Å². The molecule has 0 unspecified atom stereocenters. The second-order valence-electron chi connectivity index (χ2n) is 3.50. The molecule has 5 nitrogen and oxygen atoms in total. The van der Waals surface area contributed by atoms with Gasteiger partial charge in [-0.3, -0.25) is 0 Å². The van der Waals surface area contributed by atoms with Crippen LogP contribution in [0, 0.1) is 0 Å². The Hall–Kier alpha value is -1.14. The third kappa shape index (κ3) is 2.17. The number of imidazole rings is 1. The number of aromatic nitrogens is 3. The van der Waals surface area contributed by atoms with Crippen molar-refractivity contribution in [3.8, 4) is 0 Å². The Balaban J connectivity index is 2.28. The molecule has 2 heterocycles. The predicted molar refractivity (Wildman–Crippen MR) is 65.5 cm³/mol. The molecule has 0 radical (unpaired) electrons. The summed E-state index contributed by atoms with van der Waals surface area (Å²) in [5.41, 5.74) is 0.787. The summed E-state index contributed by atoms with van der Waals surface area (Å²) in [4.78, 5) is 4.16. The lowest BCUT2D eigenvalue weighted by Crippen LogP contribution is -2.23. The first kappa shape index (κ1) is 11.3. The highest BCUT2D eigenvalue weighted by Crippen LogP contribution is 2.14. The number of fused-ring (bicyclic) bond motifs is 1. The first-order valence-electron chi connectivity index (χ1n) is 5.12. The smallest absolute Gasteiger partial charge is 0.154 e. The van der Waals surface area contributed by atoms with Gasteiger partial charge in [0.05, 0.1) is 18.8 Å². The van der Waals surface area contributed by atoms with E-state index in [1.165, 1.54) is 0 Å². The molecule has 86 valence electrons. The molecule has 0 spiro atoms. The maximum Gasteiger partial charge on any atom is 0.154 e. The summed E-state index contributed by atoms with van der Waals surface area (Å²) in [6.45, 7) is 2.11. The Kier molecular flexibility index (Phi) is 3.40. The number of aliphatic hydroxyl groups excluding tert-OH is 1. The van der Waals surface area contributed by atoms with E-state index in [4.69, 9.17) is 5.11 Å². The molecule has 0 bridgehead atoms. The molecule has 2 aromatic heterocycles. The molecule has 0 aromatic carbocycles. The molecule has 1 atom stereocenters. The first-order valence-corrected chi connectivity index (χ1v) is 5.91. The van der Waals surface area contributed by atoms with E-state index in [0.29, 0.717) is 0 Å². The topological polar surface area (TPSA) is 62.5 Å². The van der Waals surface area contributed by atoms with Gasteiger partial charge in [0.15, 0.2) is 5.65 Å². The average molecular weight is 285 g/mol. The monoisotopic (exact) mass is 284 g/mol. The molecule has 0 fully saturated rings. The quantitative estimate of drug-likeness (QED) is 0.897. The summed E-state index contributed by atoms with van der Waals surface area (Å²) < 4.78 is 2.51. The van der Waals surface area contributed by atoms with Crippen LogP contribution < -0.4 is 5.32 Å². The number of hydrogen-bond acceptors (Lipinski definition) is 4. The number of nitrogens with one attached hydrogen (secondary N) is 1. The number of rotatable bonds is 4. The van der Waals surface area contributed by atoms with E-state index >= 15 is 0 Å². The van der Waals surface area contributed by atoms with Crippen molar-refractivity contribution < 1.29 is 5.11 Å². The predicted octanol–water partition coefficient (Wildman–Crippen LogP) is 1.67. The summed E-state index contributed by atoms with van der Waals surface area (Å²) in [7, 11) is 0. The lowest BCUT2D eigenvalue weighted by Gasteiger charge is -2.14. The van der Waals surface area contributed by atoms with E-state index in [1.807, 2.05) is 19.1 Å². The number of aliphatic hydroxyl groups is 1. The van der Waals surface area contributed by atoms with Gasteiger partial charge in [-0.1, -0.05) is 6.92 Å². The summed E-state index contributed by atoms with van der Waals surface area (Å²) in [5, 5.41) is 16.6. The molecular formula is C10H13BrN4O. The minimum atomic E-state index is 0.0345. The highest BCUT2D eigenvalue weighted by molar-refractivity contribution is 9.10. The van der Waals surface area contributed by atoms with Gasteiger partial charge in [0, 0.05) is 0 Å². The van der Waals surface area contributed by atoms with Gasteiger partial charge >= 0.3 is 0 Å². The highest BCUT2D eigenvalue weighted by Gasteiger charge is 2.07. The highest BCUT2D eigenvalue weighted by atomic mass is 79.9. The van der Waals surface area contributed by atoms with E-state index in [0.717, 1.165) is 22.5 Å². The zero-order valence-electron chi connectivity index (χ0n) is 8.89. The zero-order valence-corrected chi connectivity index (χ0v) is 10.5. The standard InChI is InChI=1S/C10H13BrN4O/c1-2-7(6-16)13-9-3-4-10-12-5-8(11)15(10)14-9/h3-5,7,16H,2,6H2,1H3,(H,13,14)/t7-/m0/s1. The lowest BCUT2D eigenvalue weighted by atomic mass is 10.2. The molecular weight excluding hydrogens is 272 g/mol. The molecule has 0 saturated carbocycles. The maximum absolute atomic E-state index is 9.10. The molecule has 0 aliphatic rings. The lowest BCUT2D eigenvalue weighted by molar-refractivity contribution is 0.271. The van der Waals surface area contributed by atoms with Crippen molar-refractivity contribution in [1.82, 2.24) is 14.6 Å². The molecule has 0 amide bonds. The van der Waals surface area contributed by atoms with Gasteiger partial charge in [-0.15, -0.1) is 5.10 Å². The Bertz CT molecular complexity index is 481. The molecule has 0 aliphatic carbocycles. The Morgan fingerprint density at radius 3 is 3.06 bits per heavy atom. The SMILES string of the molecule is CC[C@@H](CO)Nc1ccc2ncc(Br)n2n1. The van der Waals surface area contributed by atoms with Crippen molar-refractivity contribution in [2.24, 2.45) is 0 Å². The van der Waals surface area contributed by atoms with Crippen LogP contribution in [-0.4, -0.2) is 32.4 Å². The molecule has 2 rings (SSSR count). The molecule has 6 heteroatoms. The van der Waals surface area contributed by atoms with E-state index < -0.39 is 0 Å². The zero-order chi connectivity index (χ0) is 11.5. The average Bonchev–Trinajstić information content (AvgIpc) is 2.68. The number of anilines is 1. The summed E-state index contributed by atoms with van der Waals surface area (Å²) in [5.74, 6) is 0.729. The van der Waals surface area contributed by atoms with E-state index in [-0.39, 0.29) is 12.6 Å². The summed E-state index contributed by atoms with van der Waals surface area (Å²) in [6.07, 6.45) is 2.55. The summed E-state index contributed by atoms with van der Waals surface area (Å²) >= 11 is 3.36. The van der Waals surface area contributed by atoms with Gasteiger partial charge in [-0.25, -0.2) is 9.50 Å². The van der Waals surface area contributed by atoms with Crippen LogP contribution in [0.5, 0.6) is 0 Å². The first-order chi connectivity index (χ1) is 7.74. The third-order valence-electron chi connectivity index (χ3n) is 2.39. The van der Waals surface area contributed by atoms with Gasteiger partial charge < -0.3 is 10.4 Å². The Morgan fingerprint density at radius 1 is 1.56 bits per heavy atom.